The van der Waals surface area contributed by atoms with Crippen LogP contribution in [0.1, 0.15) is 41.2 Å². The normalized spacial score (nSPS) is 11.4. The Morgan fingerprint density at radius 2 is 2.11 bits per heavy atom. The minimum absolute atomic E-state index is 0.197. The van der Waals surface area contributed by atoms with Gasteiger partial charge in [0.25, 0.3) is 0 Å². The zero-order chi connectivity index (χ0) is 13.9. The molecule has 0 atom stereocenters. The molecule has 0 aromatic carbocycles. The number of rotatable bonds is 4. The number of carbonyl (C=O) groups is 1. The van der Waals surface area contributed by atoms with E-state index in [4.69, 9.17) is 16.3 Å². The highest BCUT2D eigenvalue weighted by atomic mass is 35.5. The molecule has 1 rings (SSSR count). The molecule has 0 radical (unpaired) electrons. The third-order valence-electron chi connectivity index (χ3n) is 2.43. The first-order valence-electron chi connectivity index (χ1n) is 5.56. The summed E-state index contributed by atoms with van der Waals surface area (Å²) in [5.41, 5.74) is 0.343. The van der Waals surface area contributed by atoms with Crippen LogP contribution < -0.4 is 0 Å². The number of halogens is 3. The molecule has 0 aliphatic carbocycles. The van der Waals surface area contributed by atoms with Crippen molar-refractivity contribution in [2.24, 2.45) is 0 Å². The molecule has 18 heavy (non-hydrogen) atoms. The van der Waals surface area contributed by atoms with E-state index in [9.17, 15) is 13.6 Å². The quantitative estimate of drug-likeness (QED) is 0.625. The third-order valence-corrected chi connectivity index (χ3v) is 2.63. The van der Waals surface area contributed by atoms with E-state index in [0.29, 0.717) is 12.0 Å². The van der Waals surface area contributed by atoms with E-state index < -0.39 is 17.0 Å². The van der Waals surface area contributed by atoms with Gasteiger partial charge < -0.3 is 4.74 Å². The maximum Gasteiger partial charge on any atom is 0.364 e. The number of aromatic nitrogens is 1. The van der Waals surface area contributed by atoms with Gasteiger partial charge in [0.15, 0.2) is 0 Å². The molecule has 0 aliphatic rings. The Kier molecular flexibility index (Phi) is 4.62. The van der Waals surface area contributed by atoms with Crippen molar-refractivity contribution in [1.29, 1.82) is 0 Å². The molecule has 0 amide bonds. The minimum Gasteiger partial charge on any atom is -0.462 e. The van der Waals surface area contributed by atoms with E-state index in [2.05, 4.69) is 4.98 Å². The summed E-state index contributed by atoms with van der Waals surface area (Å²) >= 11 is 4.94. The van der Waals surface area contributed by atoms with E-state index >= 15 is 0 Å². The number of alkyl halides is 3. The molecule has 0 spiro atoms. The lowest BCUT2D eigenvalue weighted by Gasteiger charge is -2.14. The second kappa shape index (κ2) is 5.61. The van der Waals surface area contributed by atoms with Crippen LogP contribution >= 0.6 is 11.6 Å². The van der Waals surface area contributed by atoms with Gasteiger partial charge in [-0.1, -0.05) is 6.92 Å². The highest BCUT2D eigenvalue weighted by molar-refractivity contribution is 6.21. The second-order valence-corrected chi connectivity index (χ2v) is 4.17. The van der Waals surface area contributed by atoms with Crippen molar-refractivity contribution in [3.8, 4) is 0 Å². The predicted molar refractivity (Wildman–Crippen MR) is 64.1 cm³/mol. The van der Waals surface area contributed by atoms with Gasteiger partial charge in [-0.15, -0.1) is 0 Å². The standard InChI is InChI=1S/C12H14ClF2NO2/c1-4-8-6-9(12(13,14)15)16-7(3)10(8)11(17)18-5-2/h6H,4-5H2,1-3H3. The van der Waals surface area contributed by atoms with Gasteiger partial charge in [-0.05, 0) is 43.5 Å². The van der Waals surface area contributed by atoms with Gasteiger partial charge in [-0.25, -0.2) is 9.78 Å². The number of esters is 1. The highest BCUT2D eigenvalue weighted by Gasteiger charge is 2.32. The maximum atomic E-state index is 13.0. The number of carbonyl (C=O) groups excluding carboxylic acids is 1. The first kappa shape index (κ1) is 14.8. The smallest absolute Gasteiger partial charge is 0.364 e. The van der Waals surface area contributed by atoms with E-state index in [-0.39, 0.29) is 17.9 Å². The molecule has 0 fully saturated rings. The lowest BCUT2D eigenvalue weighted by atomic mass is 10.0. The number of aryl methyl sites for hydroxylation is 2. The lowest BCUT2D eigenvalue weighted by molar-refractivity contribution is 0.0521. The van der Waals surface area contributed by atoms with Gasteiger partial charge in [0.05, 0.1) is 17.9 Å². The fraction of sp³-hybridized carbons (Fsp3) is 0.500. The summed E-state index contributed by atoms with van der Waals surface area (Å²) in [6.07, 6.45) is 0.414. The molecule has 100 valence electrons. The van der Waals surface area contributed by atoms with Crippen LogP contribution in [0.25, 0.3) is 0 Å². The number of nitrogens with zero attached hydrogens (tertiary/aromatic N) is 1. The molecule has 0 unspecified atom stereocenters. The molecule has 0 aliphatic heterocycles. The molecule has 1 aromatic heterocycles. The van der Waals surface area contributed by atoms with Crippen molar-refractivity contribution in [2.75, 3.05) is 6.61 Å². The van der Waals surface area contributed by atoms with Crippen molar-refractivity contribution >= 4 is 17.6 Å². The number of ether oxygens (including phenoxy) is 1. The molecule has 1 aromatic rings. The largest absolute Gasteiger partial charge is 0.462 e. The average molecular weight is 278 g/mol. The van der Waals surface area contributed by atoms with Crippen molar-refractivity contribution in [2.45, 2.75) is 32.6 Å². The average Bonchev–Trinajstić information content (AvgIpc) is 2.26. The van der Waals surface area contributed by atoms with E-state index in [1.54, 1.807) is 13.8 Å². The summed E-state index contributed by atoms with van der Waals surface area (Å²) in [5, 5.41) is -3.54. The Morgan fingerprint density at radius 3 is 2.56 bits per heavy atom. The van der Waals surface area contributed by atoms with Crippen LogP contribution in [0.3, 0.4) is 0 Å². The minimum atomic E-state index is -3.54. The Hall–Kier alpha value is -1.23. The SMILES string of the molecule is CCOC(=O)c1c(CC)cc(C(F)(F)Cl)nc1C. The van der Waals surface area contributed by atoms with Crippen LogP contribution in [0, 0.1) is 6.92 Å². The highest BCUT2D eigenvalue weighted by Crippen LogP contribution is 2.32. The summed E-state index contributed by atoms with van der Waals surface area (Å²) in [6, 6.07) is 1.15. The molecule has 0 saturated heterocycles. The van der Waals surface area contributed by atoms with Crippen LogP contribution in [0.4, 0.5) is 8.78 Å². The van der Waals surface area contributed by atoms with Crippen molar-refractivity contribution in [1.82, 2.24) is 4.98 Å². The Morgan fingerprint density at radius 1 is 1.50 bits per heavy atom. The van der Waals surface area contributed by atoms with Gasteiger partial charge >= 0.3 is 11.4 Å². The summed E-state index contributed by atoms with van der Waals surface area (Å²) in [5.74, 6) is -0.552. The van der Waals surface area contributed by atoms with Gasteiger partial charge in [0, 0.05) is 0 Å². The van der Waals surface area contributed by atoms with Gasteiger partial charge in [-0.2, -0.15) is 8.78 Å². The van der Waals surface area contributed by atoms with Gasteiger partial charge in [0.2, 0.25) is 0 Å². The molecule has 0 bridgehead atoms. The summed E-state index contributed by atoms with van der Waals surface area (Å²) in [7, 11) is 0. The third kappa shape index (κ3) is 3.16. The van der Waals surface area contributed by atoms with E-state index in [0.717, 1.165) is 6.07 Å². The monoisotopic (exact) mass is 277 g/mol. The Labute approximate surface area is 109 Å². The van der Waals surface area contributed by atoms with Gasteiger partial charge in [0.1, 0.15) is 5.69 Å². The first-order chi connectivity index (χ1) is 8.31. The number of hydrogen-bond acceptors (Lipinski definition) is 3. The van der Waals surface area contributed by atoms with E-state index in [1.165, 1.54) is 6.92 Å². The van der Waals surface area contributed by atoms with Crippen molar-refractivity contribution in [3.63, 3.8) is 0 Å². The summed E-state index contributed by atoms with van der Waals surface area (Å²) in [4.78, 5) is 15.4. The summed E-state index contributed by atoms with van der Waals surface area (Å²) < 4.78 is 30.9. The molecular formula is C12H14ClF2NO2. The fourth-order valence-corrected chi connectivity index (χ4v) is 1.74. The lowest BCUT2D eigenvalue weighted by Crippen LogP contribution is -2.15. The first-order valence-corrected chi connectivity index (χ1v) is 5.93. The molecule has 3 nitrogen and oxygen atoms in total. The topological polar surface area (TPSA) is 39.2 Å². The van der Waals surface area contributed by atoms with Crippen LogP contribution in [0.15, 0.2) is 6.07 Å². The molecular weight excluding hydrogens is 264 g/mol. The van der Waals surface area contributed by atoms with Crippen LogP contribution in [0.2, 0.25) is 0 Å². The maximum absolute atomic E-state index is 13.0. The zero-order valence-corrected chi connectivity index (χ0v) is 11.1. The second-order valence-electron chi connectivity index (χ2n) is 3.70. The Bertz CT molecular complexity index is 458. The number of pyridine rings is 1. The van der Waals surface area contributed by atoms with Gasteiger partial charge in [-0.3, -0.25) is 0 Å². The van der Waals surface area contributed by atoms with Crippen molar-refractivity contribution < 1.29 is 18.3 Å². The van der Waals surface area contributed by atoms with Crippen molar-refractivity contribution in [3.05, 3.63) is 28.6 Å². The summed E-state index contributed by atoms with van der Waals surface area (Å²) in [6.45, 7) is 5.13. The Balaban J connectivity index is 3.33. The zero-order valence-electron chi connectivity index (χ0n) is 10.4. The number of hydrogen-bond donors (Lipinski definition) is 0. The van der Waals surface area contributed by atoms with Crippen LogP contribution in [-0.2, 0) is 16.5 Å². The van der Waals surface area contributed by atoms with E-state index in [1.807, 2.05) is 0 Å². The molecule has 0 saturated carbocycles. The molecule has 1 heterocycles. The fourth-order valence-electron chi connectivity index (χ4n) is 1.64. The van der Waals surface area contributed by atoms with Crippen LogP contribution in [0.5, 0.6) is 0 Å². The van der Waals surface area contributed by atoms with Crippen LogP contribution in [-0.4, -0.2) is 17.6 Å². The molecule has 0 N–H and O–H groups in total. The molecule has 6 heteroatoms. The predicted octanol–water partition coefficient (Wildman–Crippen LogP) is 3.42.